The maximum absolute atomic E-state index is 12.9. The number of hydrogen-bond donors (Lipinski definition) is 5. The SMILES string of the molecule is CNCC(=O)NCc1ncc(-c2ccc(-c3ccc(-c4cnc(C(NC(=O)C(NC(=O)O)C(C)C)C(C)C)o4)cc3)cc2)o1. The smallest absolute Gasteiger partial charge is 0.405 e. The van der Waals surface area contributed by atoms with E-state index in [0.29, 0.717) is 23.3 Å². The van der Waals surface area contributed by atoms with E-state index in [2.05, 4.69) is 31.2 Å². The molecule has 0 aliphatic rings. The third-order valence-corrected chi connectivity index (χ3v) is 6.98. The Morgan fingerprint density at radius 2 is 1.32 bits per heavy atom. The molecular formula is C32H38N6O6. The quantitative estimate of drug-likeness (QED) is 0.147. The van der Waals surface area contributed by atoms with E-state index < -0.39 is 24.1 Å². The van der Waals surface area contributed by atoms with E-state index in [-0.39, 0.29) is 30.8 Å². The first kappa shape index (κ1) is 32.0. The number of benzene rings is 2. The summed E-state index contributed by atoms with van der Waals surface area (Å²) >= 11 is 0. The molecule has 5 N–H and O–H groups in total. The number of hydrogen-bond acceptors (Lipinski definition) is 8. The molecule has 0 aliphatic heterocycles. The highest BCUT2D eigenvalue weighted by Crippen LogP contribution is 2.30. The summed E-state index contributed by atoms with van der Waals surface area (Å²) in [6.45, 7) is 7.84. The lowest BCUT2D eigenvalue weighted by Crippen LogP contribution is -2.50. The van der Waals surface area contributed by atoms with Gasteiger partial charge in [-0.25, -0.2) is 14.8 Å². The van der Waals surface area contributed by atoms with Crippen LogP contribution in [0.25, 0.3) is 33.8 Å². The molecule has 0 spiro atoms. The predicted octanol–water partition coefficient (Wildman–Crippen LogP) is 4.60. The van der Waals surface area contributed by atoms with Crippen LogP contribution in [0.1, 0.15) is 45.5 Å². The number of carboxylic acid groups (broad SMARTS) is 1. The first-order valence-electron chi connectivity index (χ1n) is 14.4. The van der Waals surface area contributed by atoms with E-state index in [9.17, 15) is 14.4 Å². The van der Waals surface area contributed by atoms with Gasteiger partial charge in [0.25, 0.3) is 0 Å². The van der Waals surface area contributed by atoms with E-state index >= 15 is 0 Å². The Balaban J connectivity index is 1.42. The Hall–Kier alpha value is -4.97. The highest BCUT2D eigenvalue weighted by atomic mass is 16.4. The van der Waals surface area contributed by atoms with Crippen LogP contribution in [0, 0.1) is 11.8 Å². The van der Waals surface area contributed by atoms with Gasteiger partial charge in [0.1, 0.15) is 12.1 Å². The number of oxazole rings is 2. The molecule has 0 fully saturated rings. The van der Waals surface area contributed by atoms with Crippen LogP contribution in [0.15, 0.2) is 69.8 Å². The van der Waals surface area contributed by atoms with Crippen molar-refractivity contribution in [3.05, 3.63) is 72.7 Å². The van der Waals surface area contributed by atoms with Crippen LogP contribution in [0.2, 0.25) is 0 Å². The maximum Gasteiger partial charge on any atom is 0.405 e. The molecule has 0 aliphatic carbocycles. The van der Waals surface area contributed by atoms with Crippen molar-refractivity contribution in [2.45, 2.75) is 46.3 Å². The van der Waals surface area contributed by atoms with Gasteiger partial charge in [0.15, 0.2) is 11.5 Å². The normalized spacial score (nSPS) is 12.6. The first-order valence-corrected chi connectivity index (χ1v) is 14.4. The van der Waals surface area contributed by atoms with Crippen LogP contribution in [-0.2, 0) is 16.1 Å². The minimum absolute atomic E-state index is 0.0544. The average molecular weight is 603 g/mol. The average Bonchev–Trinajstić information content (AvgIpc) is 3.68. The summed E-state index contributed by atoms with van der Waals surface area (Å²) in [5.41, 5.74) is 3.70. The van der Waals surface area contributed by atoms with Gasteiger partial charge in [-0.15, -0.1) is 0 Å². The minimum Gasteiger partial charge on any atom is -0.465 e. The molecule has 44 heavy (non-hydrogen) atoms. The molecule has 2 unspecified atom stereocenters. The number of nitrogens with zero attached hydrogens (tertiary/aromatic N) is 2. The van der Waals surface area contributed by atoms with E-state index in [4.69, 9.17) is 13.9 Å². The van der Waals surface area contributed by atoms with Crippen molar-refractivity contribution >= 4 is 17.9 Å². The summed E-state index contributed by atoms with van der Waals surface area (Å²) in [4.78, 5) is 44.4. The topological polar surface area (TPSA) is 172 Å². The zero-order valence-corrected chi connectivity index (χ0v) is 25.4. The van der Waals surface area contributed by atoms with Crippen LogP contribution in [0.4, 0.5) is 4.79 Å². The molecule has 12 nitrogen and oxygen atoms in total. The number of nitrogens with one attached hydrogen (secondary N) is 4. The zero-order valence-electron chi connectivity index (χ0n) is 25.4. The van der Waals surface area contributed by atoms with Crippen molar-refractivity contribution in [1.29, 1.82) is 0 Å². The molecule has 3 amide bonds. The van der Waals surface area contributed by atoms with Crippen LogP contribution in [0.5, 0.6) is 0 Å². The van der Waals surface area contributed by atoms with Gasteiger partial charge in [0.05, 0.1) is 25.5 Å². The first-order chi connectivity index (χ1) is 21.0. The number of aromatic nitrogens is 2. The van der Waals surface area contributed by atoms with E-state index in [0.717, 1.165) is 22.3 Å². The van der Waals surface area contributed by atoms with Gasteiger partial charge in [-0.3, -0.25) is 9.59 Å². The molecule has 2 heterocycles. The van der Waals surface area contributed by atoms with Gasteiger partial charge >= 0.3 is 6.09 Å². The third kappa shape index (κ3) is 8.10. The van der Waals surface area contributed by atoms with Crippen molar-refractivity contribution in [1.82, 2.24) is 31.2 Å². The van der Waals surface area contributed by atoms with Gasteiger partial charge in [-0.2, -0.15) is 0 Å². The van der Waals surface area contributed by atoms with Crippen molar-refractivity contribution in [2.24, 2.45) is 11.8 Å². The lowest BCUT2D eigenvalue weighted by molar-refractivity contribution is -0.125. The van der Waals surface area contributed by atoms with Crippen molar-refractivity contribution in [3.63, 3.8) is 0 Å². The Kier molecular flexibility index (Phi) is 10.5. The van der Waals surface area contributed by atoms with Gasteiger partial charge in [-0.05, 0) is 30.0 Å². The third-order valence-electron chi connectivity index (χ3n) is 6.98. The molecule has 232 valence electrons. The fourth-order valence-electron chi connectivity index (χ4n) is 4.57. The Bertz CT molecular complexity index is 1560. The number of carbonyl (C=O) groups excluding carboxylic acids is 2. The molecule has 4 rings (SSSR count). The van der Waals surface area contributed by atoms with E-state index in [1.165, 1.54) is 0 Å². The van der Waals surface area contributed by atoms with Crippen molar-refractivity contribution < 1.29 is 28.3 Å². The molecule has 12 heteroatoms. The van der Waals surface area contributed by atoms with Gasteiger partial charge in [-0.1, -0.05) is 76.2 Å². The van der Waals surface area contributed by atoms with Crippen LogP contribution in [0.3, 0.4) is 0 Å². The number of likely N-dealkylation sites (N-methyl/N-ethyl adjacent to an activating group) is 1. The Labute approximate surface area is 255 Å². The largest absolute Gasteiger partial charge is 0.465 e. The molecule has 0 saturated heterocycles. The van der Waals surface area contributed by atoms with E-state index in [1.807, 2.05) is 62.4 Å². The Morgan fingerprint density at radius 3 is 1.84 bits per heavy atom. The summed E-state index contributed by atoms with van der Waals surface area (Å²) in [5, 5.41) is 19.8. The highest BCUT2D eigenvalue weighted by Gasteiger charge is 2.30. The van der Waals surface area contributed by atoms with Crippen LogP contribution in [-0.4, -0.2) is 52.6 Å². The van der Waals surface area contributed by atoms with Crippen LogP contribution < -0.4 is 21.3 Å². The van der Waals surface area contributed by atoms with Gasteiger partial charge in [0, 0.05) is 11.1 Å². The fourth-order valence-corrected chi connectivity index (χ4v) is 4.57. The summed E-state index contributed by atoms with van der Waals surface area (Å²) < 4.78 is 11.9. The second-order valence-corrected chi connectivity index (χ2v) is 11.0. The molecule has 2 aromatic heterocycles. The van der Waals surface area contributed by atoms with Crippen LogP contribution >= 0.6 is 0 Å². The monoisotopic (exact) mass is 602 g/mol. The minimum atomic E-state index is -1.26. The summed E-state index contributed by atoms with van der Waals surface area (Å²) in [6.07, 6.45) is 2.00. The molecule has 0 bridgehead atoms. The zero-order chi connectivity index (χ0) is 31.8. The molecule has 4 aromatic rings. The second kappa shape index (κ2) is 14.5. The summed E-state index contributed by atoms with van der Waals surface area (Å²) in [6, 6.07) is 14.3. The summed E-state index contributed by atoms with van der Waals surface area (Å²) in [7, 11) is 1.70. The van der Waals surface area contributed by atoms with Crippen molar-refractivity contribution in [2.75, 3.05) is 13.6 Å². The fraction of sp³-hybridized carbons (Fsp3) is 0.344. The molecule has 0 saturated carbocycles. The van der Waals surface area contributed by atoms with Crippen molar-refractivity contribution in [3.8, 4) is 33.8 Å². The lowest BCUT2D eigenvalue weighted by atomic mass is 10.0. The molecule has 2 atom stereocenters. The number of rotatable bonds is 13. The number of carbonyl (C=O) groups is 3. The van der Waals surface area contributed by atoms with Gasteiger partial charge in [0.2, 0.25) is 23.6 Å². The molecule has 2 aromatic carbocycles. The lowest BCUT2D eigenvalue weighted by Gasteiger charge is -2.25. The van der Waals surface area contributed by atoms with Gasteiger partial charge < -0.3 is 35.2 Å². The molecular weight excluding hydrogens is 564 g/mol. The molecule has 0 radical (unpaired) electrons. The Morgan fingerprint density at radius 1 is 0.773 bits per heavy atom. The maximum atomic E-state index is 12.9. The predicted molar refractivity (Wildman–Crippen MR) is 164 cm³/mol. The number of amides is 3. The second-order valence-electron chi connectivity index (χ2n) is 11.0. The highest BCUT2D eigenvalue weighted by molar-refractivity contribution is 5.85. The standard InChI is InChI=1S/C32H38N6O6/c1-18(2)28(38-32(41)42)30(40)37-29(19(3)4)31-36-15-25(44-31)23-12-8-21(9-13-23)20-6-10-22(11-7-20)24-14-35-27(43-24)17-34-26(39)16-33-5/h6-15,18-19,28-29,33,38H,16-17H2,1-5H3,(H,34,39)(H,37,40)(H,41,42). The summed E-state index contributed by atoms with van der Waals surface area (Å²) in [5.74, 6) is 1.07. The van der Waals surface area contributed by atoms with E-state index in [1.54, 1.807) is 33.3 Å².